The van der Waals surface area contributed by atoms with Gasteiger partial charge in [-0.05, 0) is 55.0 Å². The highest BCUT2D eigenvalue weighted by molar-refractivity contribution is 7.98. The summed E-state index contributed by atoms with van der Waals surface area (Å²) in [6, 6.07) is 18.0. The van der Waals surface area contributed by atoms with Gasteiger partial charge in [-0.25, -0.2) is 9.37 Å². The lowest BCUT2D eigenvalue weighted by Crippen LogP contribution is -2.02. The highest BCUT2D eigenvalue weighted by Gasteiger charge is 2.18. The van der Waals surface area contributed by atoms with Gasteiger partial charge in [0.25, 0.3) is 0 Å². The third-order valence-electron chi connectivity index (χ3n) is 5.05. The normalized spacial score (nSPS) is 11.0. The number of thioether (sulfide) groups is 1. The van der Waals surface area contributed by atoms with Crippen LogP contribution in [0.5, 0.6) is 5.75 Å². The van der Waals surface area contributed by atoms with Gasteiger partial charge in [0.05, 0.1) is 11.4 Å². The van der Waals surface area contributed by atoms with Crippen molar-refractivity contribution in [3.8, 4) is 22.8 Å². The molecule has 0 aliphatic rings. The fraction of sp³-hybridized carbons (Fsp3) is 0.120. The number of para-hydroxylation sites is 1. The molecule has 0 aliphatic carbocycles. The molecule has 5 rings (SSSR count). The zero-order valence-corrected chi connectivity index (χ0v) is 19.9. The average Bonchev–Trinajstić information content (AvgIpc) is 3.50. The Kier molecular flexibility index (Phi) is 6.64. The van der Waals surface area contributed by atoms with Gasteiger partial charge in [-0.15, -0.1) is 21.5 Å². The van der Waals surface area contributed by atoms with Crippen molar-refractivity contribution in [2.75, 3.05) is 0 Å². The molecular formula is C25H20FN5OS2. The Hall–Kier alpha value is -3.56. The summed E-state index contributed by atoms with van der Waals surface area (Å²) in [4.78, 5) is 8.79. The summed E-state index contributed by atoms with van der Waals surface area (Å²) in [6.07, 6.45) is 3.51. The van der Waals surface area contributed by atoms with Gasteiger partial charge in [-0.3, -0.25) is 9.55 Å². The van der Waals surface area contributed by atoms with Gasteiger partial charge in [0.1, 0.15) is 23.2 Å². The van der Waals surface area contributed by atoms with Gasteiger partial charge < -0.3 is 4.74 Å². The van der Waals surface area contributed by atoms with Crippen molar-refractivity contribution in [2.45, 2.75) is 24.4 Å². The Bertz CT molecular complexity index is 1390. The van der Waals surface area contributed by atoms with E-state index in [0.717, 1.165) is 38.5 Å². The maximum Gasteiger partial charge on any atom is 0.196 e. The largest absolute Gasteiger partial charge is 0.486 e. The van der Waals surface area contributed by atoms with Gasteiger partial charge in [0, 0.05) is 29.1 Å². The number of benzene rings is 2. The lowest BCUT2D eigenvalue weighted by atomic mass is 10.2. The molecule has 0 saturated carbocycles. The van der Waals surface area contributed by atoms with E-state index in [4.69, 9.17) is 4.74 Å². The Balaban J connectivity index is 1.34. The van der Waals surface area contributed by atoms with Crippen LogP contribution in [0, 0.1) is 12.7 Å². The Labute approximate surface area is 204 Å². The number of hydrogen-bond donors (Lipinski definition) is 0. The SMILES string of the molecule is Cc1ccccc1-n1c(SCc2csc(COc3ccc(F)cc3)n2)nnc1-c1ccncc1. The summed E-state index contributed by atoms with van der Waals surface area (Å²) in [7, 11) is 0. The molecule has 2 aromatic carbocycles. The van der Waals surface area contributed by atoms with Crippen LogP contribution in [0.3, 0.4) is 0 Å². The molecule has 0 spiro atoms. The molecule has 0 atom stereocenters. The number of pyridine rings is 1. The first-order valence-electron chi connectivity index (χ1n) is 10.5. The summed E-state index contributed by atoms with van der Waals surface area (Å²) in [5, 5.41) is 12.7. The van der Waals surface area contributed by atoms with E-state index < -0.39 is 0 Å². The standard InChI is InChI=1S/C25H20FN5OS2/c1-17-4-2-3-5-22(17)31-24(18-10-12-27-13-11-18)29-30-25(31)34-16-20-15-33-23(28-20)14-32-21-8-6-19(26)7-9-21/h2-13,15H,14,16H2,1H3. The minimum Gasteiger partial charge on any atom is -0.486 e. The third kappa shape index (κ3) is 5.00. The number of hydrogen-bond acceptors (Lipinski definition) is 7. The van der Waals surface area contributed by atoms with E-state index in [0.29, 0.717) is 18.1 Å². The second-order valence-electron chi connectivity index (χ2n) is 7.43. The van der Waals surface area contributed by atoms with Crippen LogP contribution in [0.4, 0.5) is 4.39 Å². The van der Waals surface area contributed by atoms with Crippen LogP contribution in [-0.2, 0) is 12.4 Å². The number of aromatic nitrogens is 5. The van der Waals surface area contributed by atoms with Crippen molar-refractivity contribution in [3.05, 3.63) is 101 Å². The summed E-state index contributed by atoms with van der Waals surface area (Å²) in [6.45, 7) is 2.42. The minimum atomic E-state index is -0.286. The number of halogens is 1. The van der Waals surface area contributed by atoms with Crippen LogP contribution in [-0.4, -0.2) is 24.7 Å². The smallest absolute Gasteiger partial charge is 0.196 e. The van der Waals surface area contributed by atoms with E-state index in [1.54, 1.807) is 36.3 Å². The lowest BCUT2D eigenvalue weighted by Gasteiger charge is -2.12. The first-order valence-corrected chi connectivity index (χ1v) is 12.4. The molecule has 9 heteroatoms. The monoisotopic (exact) mass is 489 g/mol. The van der Waals surface area contributed by atoms with Crippen molar-refractivity contribution >= 4 is 23.1 Å². The molecule has 0 amide bonds. The highest BCUT2D eigenvalue weighted by atomic mass is 32.2. The molecule has 3 heterocycles. The molecular weight excluding hydrogens is 469 g/mol. The zero-order valence-electron chi connectivity index (χ0n) is 18.3. The molecule has 3 aromatic heterocycles. The molecule has 6 nitrogen and oxygen atoms in total. The van der Waals surface area contributed by atoms with Crippen molar-refractivity contribution < 1.29 is 9.13 Å². The summed E-state index contributed by atoms with van der Waals surface area (Å²) < 4.78 is 20.8. The lowest BCUT2D eigenvalue weighted by molar-refractivity contribution is 0.305. The Morgan fingerprint density at radius 3 is 2.59 bits per heavy atom. The van der Waals surface area contributed by atoms with Gasteiger partial charge in [0.2, 0.25) is 0 Å². The summed E-state index contributed by atoms with van der Waals surface area (Å²) in [5.41, 5.74) is 4.06. The van der Waals surface area contributed by atoms with E-state index in [2.05, 4.69) is 43.8 Å². The van der Waals surface area contributed by atoms with E-state index in [-0.39, 0.29) is 5.82 Å². The van der Waals surface area contributed by atoms with E-state index in [1.807, 2.05) is 29.6 Å². The van der Waals surface area contributed by atoms with Gasteiger partial charge in [-0.2, -0.15) is 0 Å². The fourth-order valence-electron chi connectivity index (χ4n) is 3.38. The molecule has 0 N–H and O–H groups in total. The molecule has 34 heavy (non-hydrogen) atoms. The van der Waals surface area contributed by atoms with Crippen LogP contribution < -0.4 is 4.74 Å². The van der Waals surface area contributed by atoms with E-state index in [1.165, 1.54) is 23.5 Å². The first kappa shape index (κ1) is 22.2. The van der Waals surface area contributed by atoms with Crippen LogP contribution in [0.25, 0.3) is 17.1 Å². The maximum atomic E-state index is 13.1. The maximum absolute atomic E-state index is 13.1. The van der Waals surface area contributed by atoms with Gasteiger partial charge in [-0.1, -0.05) is 30.0 Å². The summed E-state index contributed by atoms with van der Waals surface area (Å²) in [5.74, 6) is 1.74. The predicted molar refractivity (Wildman–Crippen MR) is 132 cm³/mol. The fourth-order valence-corrected chi connectivity index (χ4v) is 5.03. The molecule has 0 unspecified atom stereocenters. The first-order chi connectivity index (χ1) is 16.7. The van der Waals surface area contributed by atoms with Crippen molar-refractivity contribution in [1.82, 2.24) is 24.7 Å². The van der Waals surface area contributed by atoms with Crippen LogP contribution >= 0.6 is 23.1 Å². The molecule has 0 fully saturated rings. The Morgan fingerprint density at radius 1 is 1.00 bits per heavy atom. The second-order valence-corrected chi connectivity index (χ2v) is 9.31. The van der Waals surface area contributed by atoms with Crippen LogP contribution in [0.15, 0.2) is 83.6 Å². The Morgan fingerprint density at radius 2 is 1.79 bits per heavy atom. The average molecular weight is 490 g/mol. The highest BCUT2D eigenvalue weighted by Crippen LogP contribution is 2.31. The molecule has 0 saturated heterocycles. The topological polar surface area (TPSA) is 65.7 Å². The minimum absolute atomic E-state index is 0.286. The van der Waals surface area contributed by atoms with Crippen molar-refractivity contribution in [2.24, 2.45) is 0 Å². The second kappa shape index (κ2) is 10.1. The molecule has 0 radical (unpaired) electrons. The van der Waals surface area contributed by atoms with Crippen molar-refractivity contribution in [3.63, 3.8) is 0 Å². The number of thiazole rings is 1. The predicted octanol–water partition coefficient (Wildman–Crippen LogP) is 6.10. The van der Waals surface area contributed by atoms with Gasteiger partial charge >= 0.3 is 0 Å². The van der Waals surface area contributed by atoms with E-state index >= 15 is 0 Å². The number of nitrogens with zero attached hydrogens (tertiary/aromatic N) is 5. The summed E-state index contributed by atoms with van der Waals surface area (Å²) >= 11 is 3.12. The molecule has 5 aromatic rings. The van der Waals surface area contributed by atoms with Crippen LogP contribution in [0.2, 0.25) is 0 Å². The molecule has 170 valence electrons. The number of ether oxygens (including phenoxy) is 1. The zero-order chi connectivity index (χ0) is 23.3. The number of rotatable bonds is 8. The molecule has 0 aliphatic heterocycles. The van der Waals surface area contributed by atoms with Crippen LogP contribution in [0.1, 0.15) is 16.3 Å². The van der Waals surface area contributed by atoms with Crippen molar-refractivity contribution in [1.29, 1.82) is 0 Å². The molecule has 0 bridgehead atoms. The number of aryl methyl sites for hydroxylation is 1. The van der Waals surface area contributed by atoms with Gasteiger partial charge in [0.15, 0.2) is 11.0 Å². The van der Waals surface area contributed by atoms with E-state index in [9.17, 15) is 4.39 Å². The third-order valence-corrected chi connectivity index (χ3v) is 6.89. The quantitative estimate of drug-likeness (QED) is 0.245.